The molecule has 0 aliphatic heterocycles. The van der Waals surface area contributed by atoms with Gasteiger partial charge in [-0.2, -0.15) is 0 Å². The lowest BCUT2D eigenvalue weighted by Gasteiger charge is -1.98. The van der Waals surface area contributed by atoms with E-state index >= 15 is 0 Å². The van der Waals surface area contributed by atoms with Crippen molar-refractivity contribution in [3.8, 4) is 23.7 Å². The highest BCUT2D eigenvalue weighted by Gasteiger charge is 1.92. The van der Waals surface area contributed by atoms with Gasteiger partial charge in [0.25, 0.3) is 0 Å². The highest BCUT2D eigenvalue weighted by molar-refractivity contribution is 5.66. The Morgan fingerprint density at radius 3 is 1.42 bits per heavy atom. The van der Waals surface area contributed by atoms with Crippen LogP contribution in [-0.2, 0) is 4.79 Å². The van der Waals surface area contributed by atoms with Crippen LogP contribution in [0.2, 0.25) is 0 Å². The lowest BCUT2D eigenvalue weighted by atomic mass is 10.1. The molecule has 1 N–H and O–H groups in total. The van der Waals surface area contributed by atoms with Crippen molar-refractivity contribution >= 4 is 5.97 Å². The molecule has 0 unspecified atom stereocenters. The van der Waals surface area contributed by atoms with E-state index in [-0.39, 0.29) is 6.42 Å². The maximum Gasteiger partial charge on any atom is 0.304 e. The molecule has 0 radical (unpaired) electrons. The van der Waals surface area contributed by atoms with Gasteiger partial charge >= 0.3 is 5.97 Å². The van der Waals surface area contributed by atoms with E-state index in [1.165, 1.54) is 64.2 Å². The molecule has 2 heteroatoms. The normalized spacial score (nSPS) is 9.71. The number of rotatable bonds is 14. The first-order valence-corrected chi connectivity index (χ1v) is 9.90. The zero-order valence-corrected chi connectivity index (χ0v) is 15.7. The minimum absolute atomic E-state index is 0.157. The van der Waals surface area contributed by atoms with Gasteiger partial charge in [-0.1, -0.05) is 58.3 Å². The zero-order chi connectivity index (χ0) is 17.7. The van der Waals surface area contributed by atoms with Crippen molar-refractivity contribution in [1.82, 2.24) is 0 Å². The summed E-state index contributed by atoms with van der Waals surface area (Å²) in [6.45, 7) is 2.26. The minimum atomic E-state index is -0.766. The molecule has 0 bridgehead atoms. The van der Waals surface area contributed by atoms with E-state index in [1.807, 2.05) is 0 Å². The molecule has 0 aromatic rings. The molecule has 0 rings (SSSR count). The Bertz CT molecular complexity index is 403. The van der Waals surface area contributed by atoms with E-state index in [4.69, 9.17) is 5.11 Å². The Hall–Kier alpha value is -1.41. The summed E-state index contributed by atoms with van der Waals surface area (Å²) in [4.78, 5) is 10.3. The first-order chi connectivity index (χ1) is 11.8. The highest BCUT2D eigenvalue weighted by Crippen LogP contribution is 2.08. The van der Waals surface area contributed by atoms with Gasteiger partial charge < -0.3 is 5.11 Å². The highest BCUT2D eigenvalue weighted by atomic mass is 16.4. The minimum Gasteiger partial charge on any atom is -0.481 e. The quantitative estimate of drug-likeness (QED) is 0.298. The van der Waals surface area contributed by atoms with Crippen molar-refractivity contribution in [3.05, 3.63) is 0 Å². The Morgan fingerprint density at radius 2 is 1.00 bits per heavy atom. The van der Waals surface area contributed by atoms with Crippen LogP contribution in [0.5, 0.6) is 0 Å². The van der Waals surface area contributed by atoms with Crippen molar-refractivity contribution in [2.75, 3.05) is 0 Å². The number of hydrogen-bond acceptors (Lipinski definition) is 1. The van der Waals surface area contributed by atoms with E-state index in [9.17, 15) is 4.79 Å². The summed E-state index contributed by atoms with van der Waals surface area (Å²) >= 11 is 0. The standard InChI is InChI=1S/C22H36O2/c1-2-3-4-5-6-7-8-9-10-11-12-13-14-15-16-17-18-19-20-21-22(23)24/h2-9,12-17,20-21H2,1H3,(H,23,24). The summed E-state index contributed by atoms with van der Waals surface area (Å²) in [6, 6.07) is 0. The number of carbonyl (C=O) groups is 1. The molecule has 0 heterocycles. The number of carboxylic acids is 1. The van der Waals surface area contributed by atoms with Gasteiger partial charge in [-0.3, -0.25) is 4.79 Å². The van der Waals surface area contributed by atoms with Crippen LogP contribution >= 0.6 is 0 Å². The fraction of sp³-hybridized carbons (Fsp3) is 0.773. The summed E-state index contributed by atoms with van der Waals surface area (Å²) in [5, 5.41) is 8.48. The molecule has 0 spiro atoms. The van der Waals surface area contributed by atoms with Gasteiger partial charge in [0.05, 0.1) is 6.42 Å². The van der Waals surface area contributed by atoms with Crippen molar-refractivity contribution in [3.63, 3.8) is 0 Å². The maximum atomic E-state index is 10.3. The second-order valence-corrected chi connectivity index (χ2v) is 6.39. The van der Waals surface area contributed by atoms with Gasteiger partial charge in [-0.05, 0) is 19.3 Å². The van der Waals surface area contributed by atoms with Gasteiger partial charge in [0.1, 0.15) is 0 Å². The Morgan fingerprint density at radius 1 is 0.625 bits per heavy atom. The molecule has 0 aromatic carbocycles. The van der Waals surface area contributed by atoms with Crippen molar-refractivity contribution in [2.45, 2.75) is 110 Å². The summed E-state index contributed by atoms with van der Waals surface area (Å²) in [6.07, 6.45) is 17.8. The van der Waals surface area contributed by atoms with Crippen LogP contribution < -0.4 is 0 Å². The fourth-order valence-electron chi connectivity index (χ4n) is 2.47. The Labute approximate surface area is 149 Å². The van der Waals surface area contributed by atoms with E-state index in [0.29, 0.717) is 6.42 Å². The zero-order valence-electron chi connectivity index (χ0n) is 15.7. The summed E-state index contributed by atoms with van der Waals surface area (Å²) in [7, 11) is 0. The number of carboxylic acid groups (broad SMARTS) is 1. The van der Waals surface area contributed by atoms with Gasteiger partial charge in [-0.25, -0.2) is 0 Å². The predicted molar refractivity (Wildman–Crippen MR) is 103 cm³/mol. The average Bonchev–Trinajstić information content (AvgIpc) is 2.56. The molecule has 0 aromatic heterocycles. The number of hydrogen-bond donors (Lipinski definition) is 1. The van der Waals surface area contributed by atoms with Crippen LogP contribution in [0.1, 0.15) is 110 Å². The molecule has 24 heavy (non-hydrogen) atoms. The molecular weight excluding hydrogens is 296 g/mol. The Kier molecular flexibility index (Phi) is 18.5. The third-order valence-electron chi connectivity index (χ3n) is 3.97. The lowest BCUT2D eigenvalue weighted by Crippen LogP contribution is -1.91. The lowest BCUT2D eigenvalue weighted by molar-refractivity contribution is -0.136. The summed E-state index contributed by atoms with van der Waals surface area (Å²) in [5.41, 5.74) is 0. The van der Waals surface area contributed by atoms with Crippen LogP contribution in [0, 0.1) is 23.7 Å². The van der Waals surface area contributed by atoms with Gasteiger partial charge in [0.2, 0.25) is 0 Å². The molecule has 0 atom stereocenters. The average molecular weight is 333 g/mol. The van der Waals surface area contributed by atoms with Gasteiger partial charge in [0.15, 0.2) is 0 Å². The largest absolute Gasteiger partial charge is 0.481 e. The maximum absolute atomic E-state index is 10.3. The molecule has 0 amide bonds. The third kappa shape index (κ3) is 20.6. The molecule has 0 saturated carbocycles. The van der Waals surface area contributed by atoms with Gasteiger partial charge in [0, 0.05) is 25.7 Å². The fourth-order valence-corrected chi connectivity index (χ4v) is 2.47. The molecule has 2 nitrogen and oxygen atoms in total. The van der Waals surface area contributed by atoms with Crippen molar-refractivity contribution < 1.29 is 9.90 Å². The number of unbranched alkanes of at least 4 members (excludes halogenated alkanes) is 12. The molecule has 0 fully saturated rings. The van der Waals surface area contributed by atoms with Crippen LogP contribution in [0.15, 0.2) is 0 Å². The SMILES string of the molecule is CCCCCCCCCC#CCCCCCCC#CCCC(=O)O. The summed E-state index contributed by atoms with van der Waals surface area (Å²) in [5.74, 6) is 11.8. The molecular formula is C22H36O2. The smallest absolute Gasteiger partial charge is 0.304 e. The first-order valence-electron chi connectivity index (χ1n) is 9.90. The second kappa shape index (κ2) is 19.6. The summed E-state index contributed by atoms with van der Waals surface area (Å²) < 4.78 is 0. The first kappa shape index (κ1) is 22.6. The van der Waals surface area contributed by atoms with Crippen LogP contribution in [0.4, 0.5) is 0 Å². The van der Waals surface area contributed by atoms with E-state index in [1.54, 1.807) is 0 Å². The topological polar surface area (TPSA) is 37.3 Å². The molecule has 0 saturated heterocycles. The molecule has 0 aliphatic carbocycles. The van der Waals surface area contributed by atoms with Crippen molar-refractivity contribution in [2.24, 2.45) is 0 Å². The monoisotopic (exact) mass is 332 g/mol. The van der Waals surface area contributed by atoms with Crippen LogP contribution in [0.3, 0.4) is 0 Å². The third-order valence-corrected chi connectivity index (χ3v) is 3.97. The molecule has 0 aliphatic rings. The van der Waals surface area contributed by atoms with Crippen molar-refractivity contribution in [1.29, 1.82) is 0 Å². The van der Waals surface area contributed by atoms with Gasteiger partial charge in [-0.15, -0.1) is 23.7 Å². The van der Waals surface area contributed by atoms with E-state index < -0.39 is 5.97 Å². The van der Waals surface area contributed by atoms with E-state index in [0.717, 1.165) is 25.7 Å². The van der Waals surface area contributed by atoms with Crippen LogP contribution in [-0.4, -0.2) is 11.1 Å². The Balaban J connectivity index is 3.21. The van der Waals surface area contributed by atoms with E-state index in [2.05, 4.69) is 30.6 Å². The molecule has 136 valence electrons. The number of aliphatic carboxylic acids is 1. The van der Waals surface area contributed by atoms with Crippen LogP contribution in [0.25, 0.3) is 0 Å². The predicted octanol–water partition coefficient (Wildman–Crippen LogP) is 6.34. The second-order valence-electron chi connectivity index (χ2n) is 6.39.